The van der Waals surface area contributed by atoms with Gasteiger partial charge in [0.05, 0.1) is 0 Å². The normalized spacial score (nSPS) is 15.7. The second kappa shape index (κ2) is 8.44. The fourth-order valence-corrected chi connectivity index (χ4v) is 1.61. The van der Waals surface area contributed by atoms with Crippen molar-refractivity contribution >= 4 is 0 Å². The Hall–Kier alpha value is -0.160. The molecule has 4 nitrogen and oxygen atoms in total. The largest absolute Gasteiger partial charge is 0.330 e. The van der Waals surface area contributed by atoms with Crippen molar-refractivity contribution < 1.29 is 0 Å². The molecule has 0 radical (unpaired) electrons. The molecule has 0 amide bonds. The number of hydrogen-bond donors (Lipinski definition) is 4. The van der Waals surface area contributed by atoms with Crippen molar-refractivity contribution in [3.63, 3.8) is 0 Å². The van der Waals surface area contributed by atoms with Crippen LogP contribution in [0.4, 0.5) is 0 Å². The summed E-state index contributed by atoms with van der Waals surface area (Å²) >= 11 is 0. The molecule has 0 spiro atoms. The summed E-state index contributed by atoms with van der Waals surface area (Å²) in [7, 11) is 0. The molecule has 0 aliphatic carbocycles. The Morgan fingerprint density at radius 2 is 1.08 bits per heavy atom. The van der Waals surface area contributed by atoms with Crippen LogP contribution in [0, 0.1) is 11.8 Å². The summed E-state index contributed by atoms with van der Waals surface area (Å²) < 4.78 is 0. The Morgan fingerprint density at radius 1 is 0.692 bits per heavy atom. The minimum absolute atomic E-state index is 0.519. The van der Waals surface area contributed by atoms with E-state index in [2.05, 4.69) is 0 Å². The van der Waals surface area contributed by atoms with Gasteiger partial charge in [-0.05, 0) is 57.3 Å². The van der Waals surface area contributed by atoms with Gasteiger partial charge in [-0.25, -0.2) is 0 Å². The van der Waals surface area contributed by atoms with Gasteiger partial charge in [0, 0.05) is 0 Å². The van der Waals surface area contributed by atoms with Crippen molar-refractivity contribution in [3.05, 3.63) is 0 Å². The first-order chi connectivity index (χ1) is 6.28. The second-order valence-electron chi connectivity index (χ2n) is 3.59. The molecule has 0 saturated carbocycles. The zero-order valence-corrected chi connectivity index (χ0v) is 8.41. The summed E-state index contributed by atoms with van der Waals surface area (Å²) in [6, 6.07) is 0. The Balaban J connectivity index is 3.73. The fourth-order valence-electron chi connectivity index (χ4n) is 1.61. The Morgan fingerprint density at radius 3 is 1.31 bits per heavy atom. The van der Waals surface area contributed by atoms with Gasteiger partial charge in [0.15, 0.2) is 0 Å². The number of rotatable bonds is 8. The second-order valence-corrected chi connectivity index (χ2v) is 3.59. The van der Waals surface area contributed by atoms with E-state index in [1.807, 2.05) is 0 Å². The molecule has 2 atom stereocenters. The van der Waals surface area contributed by atoms with Crippen molar-refractivity contribution in [1.82, 2.24) is 0 Å². The molecular formula is C9H24N4. The Kier molecular flexibility index (Phi) is 8.33. The maximum absolute atomic E-state index is 5.63. The Labute approximate surface area is 81.0 Å². The first kappa shape index (κ1) is 12.8. The molecule has 13 heavy (non-hydrogen) atoms. The number of hydrogen-bond acceptors (Lipinski definition) is 4. The molecule has 0 aliphatic heterocycles. The molecule has 0 aromatic carbocycles. The van der Waals surface area contributed by atoms with Crippen LogP contribution in [0.5, 0.6) is 0 Å². The van der Waals surface area contributed by atoms with Crippen molar-refractivity contribution in [2.75, 3.05) is 26.2 Å². The van der Waals surface area contributed by atoms with Crippen molar-refractivity contribution in [2.24, 2.45) is 34.8 Å². The Bertz CT molecular complexity index is 95.8. The van der Waals surface area contributed by atoms with Gasteiger partial charge in [0.25, 0.3) is 0 Å². The lowest BCUT2D eigenvalue weighted by Crippen LogP contribution is -2.26. The maximum atomic E-state index is 5.63. The molecule has 2 unspecified atom stereocenters. The summed E-state index contributed by atoms with van der Waals surface area (Å²) in [4.78, 5) is 0. The monoisotopic (exact) mass is 188 g/mol. The lowest BCUT2D eigenvalue weighted by Gasteiger charge is -2.20. The molecule has 0 bridgehead atoms. The minimum Gasteiger partial charge on any atom is -0.330 e. The standard InChI is InChI=1S/C9H24N4/c10-3-1-8(6-12)5-9(7-13)2-4-11/h8-9H,1-7,10-13H2. The zero-order chi connectivity index (χ0) is 10.1. The highest BCUT2D eigenvalue weighted by Crippen LogP contribution is 2.15. The lowest BCUT2D eigenvalue weighted by atomic mass is 9.90. The first-order valence-electron chi connectivity index (χ1n) is 5.08. The molecule has 0 rings (SSSR count). The van der Waals surface area contributed by atoms with Crippen LogP contribution in [0.15, 0.2) is 0 Å². The molecule has 0 fully saturated rings. The summed E-state index contributed by atoms with van der Waals surface area (Å²) in [6.45, 7) is 2.83. The van der Waals surface area contributed by atoms with Crippen LogP contribution in [0.3, 0.4) is 0 Å². The highest BCUT2D eigenvalue weighted by atomic mass is 14.6. The predicted octanol–water partition coefficient (Wildman–Crippen LogP) is -0.776. The van der Waals surface area contributed by atoms with Crippen LogP contribution in [0.25, 0.3) is 0 Å². The van der Waals surface area contributed by atoms with Gasteiger partial charge >= 0.3 is 0 Å². The zero-order valence-electron chi connectivity index (χ0n) is 8.41. The van der Waals surface area contributed by atoms with E-state index in [9.17, 15) is 0 Å². The molecule has 0 saturated heterocycles. The van der Waals surface area contributed by atoms with Gasteiger partial charge in [0.1, 0.15) is 0 Å². The van der Waals surface area contributed by atoms with E-state index in [0.717, 1.165) is 19.3 Å². The fraction of sp³-hybridized carbons (Fsp3) is 1.00. The van der Waals surface area contributed by atoms with Gasteiger partial charge < -0.3 is 22.9 Å². The number of nitrogens with two attached hydrogens (primary N) is 4. The van der Waals surface area contributed by atoms with Gasteiger partial charge in [-0.3, -0.25) is 0 Å². The first-order valence-corrected chi connectivity index (χ1v) is 5.08. The van der Waals surface area contributed by atoms with Crippen LogP contribution >= 0.6 is 0 Å². The molecule has 4 heteroatoms. The van der Waals surface area contributed by atoms with Gasteiger partial charge in [0.2, 0.25) is 0 Å². The van der Waals surface area contributed by atoms with Gasteiger partial charge in [-0.1, -0.05) is 0 Å². The summed E-state index contributed by atoms with van der Waals surface area (Å²) in [5, 5.41) is 0. The third-order valence-corrected chi connectivity index (χ3v) is 2.48. The predicted molar refractivity (Wildman–Crippen MR) is 57.0 cm³/mol. The third kappa shape index (κ3) is 5.99. The lowest BCUT2D eigenvalue weighted by molar-refractivity contribution is 0.353. The maximum Gasteiger partial charge on any atom is -0.00483 e. The molecule has 0 heterocycles. The molecule has 0 aromatic heterocycles. The van der Waals surface area contributed by atoms with E-state index in [-0.39, 0.29) is 0 Å². The van der Waals surface area contributed by atoms with Crippen molar-refractivity contribution in [1.29, 1.82) is 0 Å². The average molecular weight is 188 g/mol. The highest BCUT2D eigenvalue weighted by Gasteiger charge is 2.12. The van der Waals surface area contributed by atoms with E-state index < -0.39 is 0 Å². The highest BCUT2D eigenvalue weighted by molar-refractivity contribution is 4.68. The van der Waals surface area contributed by atoms with E-state index in [0.29, 0.717) is 38.0 Å². The SMILES string of the molecule is NCCC(CN)CC(CN)CCN. The summed E-state index contributed by atoms with van der Waals surface area (Å²) in [5.74, 6) is 1.04. The van der Waals surface area contributed by atoms with Crippen molar-refractivity contribution in [3.8, 4) is 0 Å². The molecule has 80 valence electrons. The van der Waals surface area contributed by atoms with Gasteiger partial charge in [-0.15, -0.1) is 0 Å². The van der Waals surface area contributed by atoms with Crippen LogP contribution in [-0.4, -0.2) is 26.2 Å². The molecule has 0 aromatic rings. The smallest absolute Gasteiger partial charge is 0.00483 e. The van der Waals surface area contributed by atoms with Crippen LogP contribution in [0.1, 0.15) is 19.3 Å². The van der Waals surface area contributed by atoms with Crippen LogP contribution < -0.4 is 22.9 Å². The van der Waals surface area contributed by atoms with Crippen LogP contribution in [-0.2, 0) is 0 Å². The van der Waals surface area contributed by atoms with Crippen molar-refractivity contribution in [2.45, 2.75) is 19.3 Å². The summed E-state index contributed by atoms with van der Waals surface area (Å²) in [6.07, 6.45) is 3.07. The van der Waals surface area contributed by atoms with Gasteiger partial charge in [-0.2, -0.15) is 0 Å². The third-order valence-electron chi connectivity index (χ3n) is 2.48. The molecule has 0 aliphatic rings. The van der Waals surface area contributed by atoms with E-state index >= 15 is 0 Å². The summed E-state index contributed by atoms with van der Waals surface area (Å²) in [5.41, 5.74) is 22.2. The quantitative estimate of drug-likeness (QED) is 0.401. The van der Waals surface area contributed by atoms with E-state index in [1.54, 1.807) is 0 Å². The van der Waals surface area contributed by atoms with E-state index in [1.165, 1.54) is 0 Å². The molecule has 8 N–H and O–H groups in total. The molecular weight excluding hydrogens is 164 g/mol. The topological polar surface area (TPSA) is 104 Å². The van der Waals surface area contributed by atoms with Crippen LogP contribution in [0.2, 0.25) is 0 Å². The average Bonchev–Trinajstić information content (AvgIpc) is 2.16. The van der Waals surface area contributed by atoms with E-state index in [4.69, 9.17) is 22.9 Å². The minimum atomic E-state index is 0.519.